The number of H-pyrrole nitrogens is 1. The molecule has 0 atom stereocenters. The number of benzene rings is 2. The molecule has 1 heterocycles. The molecule has 0 aliphatic heterocycles. The van der Waals surface area contributed by atoms with Crippen molar-refractivity contribution in [1.82, 2.24) is 4.98 Å². The van der Waals surface area contributed by atoms with Crippen LogP contribution in [0.5, 0.6) is 11.5 Å². The number of hydrogen-bond donors (Lipinski definition) is 1. The van der Waals surface area contributed by atoms with Crippen LogP contribution in [0.3, 0.4) is 0 Å². The molecule has 0 fully saturated rings. The lowest BCUT2D eigenvalue weighted by molar-refractivity contribution is 0.0476. The molecule has 1 aromatic heterocycles. The number of nitrogens with one attached hydrogen (secondary N) is 1. The van der Waals surface area contributed by atoms with Gasteiger partial charge in [-0.2, -0.15) is 0 Å². The Hall–Kier alpha value is -3.28. The molecule has 0 radical (unpaired) electrons. The number of para-hydroxylation sites is 1. The Morgan fingerprint density at radius 1 is 1.00 bits per heavy atom. The maximum absolute atomic E-state index is 12.4. The highest BCUT2D eigenvalue weighted by Gasteiger charge is 2.18. The van der Waals surface area contributed by atoms with Gasteiger partial charge < -0.3 is 19.2 Å². The Bertz CT molecular complexity index is 928. The van der Waals surface area contributed by atoms with E-state index in [2.05, 4.69) is 4.98 Å². The second-order valence-corrected chi connectivity index (χ2v) is 5.31. The second-order valence-electron chi connectivity index (χ2n) is 5.31. The first-order valence-electron chi connectivity index (χ1n) is 7.62. The molecule has 128 valence electrons. The molecule has 6 nitrogen and oxygen atoms in total. The van der Waals surface area contributed by atoms with E-state index in [1.54, 1.807) is 24.4 Å². The smallest absolute Gasteiger partial charge is 0.340 e. The first kappa shape index (κ1) is 16.6. The summed E-state index contributed by atoms with van der Waals surface area (Å²) in [6, 6.07) is 12.2. The van der Waals surface area contributed by atoms with E-state index in [1.807, 2.05) is 24.3 Å². The molecule has 0 unspecified atom stereocenters. The van der Waals surface area contributed by atoms with Gasteiger partial charge in [-0.25, -0.2) is 4.79 Å². The Kier molecular flexibility index (Phi) is 4.70. The zero-order chi connectivity index (χ0) is 17.8. The normalized spacial score (nSPS) is 10.5. The minimum absolute atomic E-state index is 0.329. The zero-order valence-electron chi connectivity index (χ0n) is 13.9. The van der Waals surface area contributed by atoms with Crippen molar-refractivity contribution < 1.29 is 23.8 Å². The lowest BCUT2D eigenvalue weighted by Crippen LogP contribution is -2.15. The van der Waals surface area contributed by atoms with E-state index < -0.39 is 5.97 Å². The number of ketones is 1. The predicted octanol–water partition coefficient (Wildman–Crippen LogP) is 3.22. The van der Waals surface area contributed by atoms with Crippen molar-refractivity contribution in [2.24, 2.45) is 0 Å². The van der Waals surface area contributed by atoms with Crippen molar-refractivity contribution in [1.29, 1.82) is 0 Å². The summed E-state index contributed by atoms with van der Waals surface area (Å²) in [6.07, 6.45) is 1.57. The summed E-state index contributed by atoms with van der Waals surface area (Å²) in [5.74, 6) is 0.0302. The molecule has 1 N–H and O–H groups in total. The lowest BCUT2D eigenvalue weighted by Gasteiger charge is -2.10. The number of aromatic amines is 1. The Labute approximate surface area is 144 Å². The number of hydrogen-bond acceptors (Lipinski definition) is 5. The molecule has 0 amide bonds. The molecule has 0 spiro atoms. The van der Waals surface area contributed by atoms with Gasteiger partial charge in [0.05, 0.1) is 25.3 Å². The molecule has 0 aliphatic rings. The number of aromatic nitrogens is 1. The number of ether oxygens (including phenoxy) is 3. The Balaban J connectivity index is 1.73. The maximum atomic E-state index is 12.4. The van der Waals surface area contributed by atoms with E-state index in [9.17, 15) is 9.59 Å². The number of Topliss-reactive ketones (excluding diaryl/α,β-unsaturated/α-hetero) is 1. The van der Waals surface area contributed by atoms with Gasteiger partial charge in [0.2, 0.25) is 5.78 Å². The van der Waals surface area contributed by atoms with E-state index in [1.165, 1.54) is 14.2 Å². The topological polar surface area (TPSA) is 77.6 Å². The minimum atomic E-state index is -0.557. The SMILES string of the molecule is COc1ccc(C(=O)COC(=O)c2c[nH]c3ccccc23)c(OC)c1. The largest absolute Gasteiger partial charge is 0.497 e. The van der Waals surface area contributed by atoms with Gasteiger partial charge in [-0.1, -0.05) is 18.2 Å². The number of methoxy groups -OCH3 is 2. The molecule has 2 aromatic carbocycles. The van der Waals surface area contributed by atoms with Crippen LogP contribution < -0.4 is 9.47 Å². The van der Waals surface area contributed by atoms with Gasteiger partial charge in [-0.3, -0.25) is 4.79 Å². The summed E-state index contributed by atoms with van der Waals surface area (Å²) in [4.78, 5) is 27.6. The van der Waals surface area contributed by atoms with E-state index in [4.69, 9.17) is 14.2 Å². The molecule has 0 saturated carbocycles. The summed E-state index contributed by atoms with van der Waals surface area (Å²) in [5.41, 5.74) is 1.55. The predicted molar refractivity (Wildman–Crippen MR) is 92.5 cm³/mol. The molecule has 3 rings (SSSR count). The van der Waals surface area contributed by atoms with Crippen molar-refractivity contribution in [3.63, 3.8) is 0 Å². The molecule has 0 saturated heterocycles. The summed E-state index contributed by atoms with van der Waals surface area (Å²) in [5, 5.41) is 0.752. The molecule has 25 heavy (non-hydrogen) atoms. The average Bonchev–Trinajstić information content (AvgIpc) is 3.09. The zero-order valence-corrected chi connectivity index (χ0v) is 13.9. The van der Waals surface area contributed by atoms with Crippen LogP contribution in [-0.4, -0.2) is 37.6 Å². The van der Waals surface area contributed by atoms with Gasteiger partial charge >= 0.3 is 5.97 Å². The van der Waals surface area contributed by atoms with E-state index in [0.717, 1.165) is 10.9 Å². The van der Waals surface area contributed by atoms with Crippen molar-refractivity contribution in [3.05, 3.63) is 59.8 Å². The van der Waals surface area contributed by atoms with E-state index >= 15 is 0 Å². The van der Waals surface area contributed by atoms with Crippen LogP contribution in [-0.2, 0) is 4.74 Å². The fraction of sp³-hybridized carbons (Fsp3) is 0.158. The number of fused-ring (bicyclic) bond motifs is 1. The second kappa shape index (κ2) is 7.09. The summed E-state index contributed by atoms with van der Waals surface area (Å²) in [7, 11) is 2.99. The van der Waals surface area contributed by atoms with Gasteiger partial charge in [0.1, 0.15) is 11.5 Å². The van der Waals surface area contributed by atoms with Crippen LogP contribution in [0.4, 0.5) is 0 Å². The fourth-order valence-electron chi connectivity index (χ4n) is 2.56. The van der Waals surface area contributed by atoms with E-state index in [-0.39, 0.29) is 12.4 Å². The Morgan fingerprint density at radius 3 is 2.56 bits per heavy atom. The third-order valence-electron chi connectivity index (χ3n) is 3.85. The minimum Gasteiger partial charge on any atom is -0.497 e. The number of carbonyl (C=O) groups is 2. The van der Waals surface area contributed by atoms with Crippen molar-refractivity contribution in [2.45, 2.75) is 0 Å². The first-order chi connectivity index (χ1) is 12.1. The number of carbonyl (C=O) groups excluding carboxylic acids is 2. The fourth-order valence-corrected chi connectivity index (χ4v) is 2.56. The summed E-state index contributed by atoms with van der Waals surface area (Å²) < 4.78 is 15.5. The third-order valence-corrected chi connectivity index (χ3v) is 3.85. The maximum Gasteiger partial charge on any atom is 0.340 e. The third kappa shape index (κ3) is 3.33. The Morgan fingerprint density at radius 2 is 1.80 bits per heavy atom. The van der Waals surface area contributed by atoms with Gasteiger partial charge in [0.15, 0.2) is 6.61 Å². The molecule has 3 aromatic rings. The summed E-state index contributed by atoms with van der Waals surface area (Å²) >= 11 is 0. The monoisotopic (exact) mass is 339 g/mol. The van der Waals surface area contributed by atoms with Crippen LogP contribution in [0.2, 0.25) is 0 Å². The molecule has 0 bridgehead atoms. The van der Waals surface area contributed by atoms with Gasteiger partial charge in [-0.05, 0) is 18.2 Å². The van der Waals surface area contributed by atoms with Crippen LogP contribution >= 0.6 is 0 Å². The summed E-state index contributed by atoms with van der Waals surface area (Å²) in [6.45, 7) is -0.374. The lowest BCUT2D eigenvalue weighted by atomic mass is 10.1. The number of esters is 1. The van der Waals surface area contributed by atoms with Gasteiger partial charge in [0, 0.05) is 23.2 Å². The van der Waals surface area contributed by atoms with Crippen molar-refractivity contribution in [2.75, 3.05) is 20.8 Å². The van der Waals surface area contributed by atoms with Crippen LogP contribution in [0, 0.1) is 0 Å². The molecule has 0 aliphatic carbocycles. The van der Waals surface area contributed by atoms with Crippen molar-refractivity contribution >= 4 is 22.7 Å². The molecular formula is C19H17NO5. The highest BCUT2D eigenvalue weighted by molar-refractivity contribution is 6.06. The first-order valence-corrected chi connectivity index (χ1v) is 7.62. The highest BCUT2D eigenvalue weighted by Crippen LogP contribution is 2.25. The van der Waals surface area contributed by atoms with Crippen molar-refractivity contribution in [3.8, 4) is 11.5 Å². The number of rotatable bonds is 6. The van der Waals surface area contributed by atoms with E-state index in [0.29, 0.717) is 22.6 Å². The van der Waals surface area contributed by atoms with Gasteiger partial charge in [-0.15, -0.1) is 0 Å². The highest BCUT2D eigenvalue weighted by atomic mass is 16.5. The molecular weight excluding hydrogens is 322 g/mol. The molecule has 6 heteroatoms. The average molecular weight is 339 g/mol. The standard InChI is InChI=1S/C19H17NO5/c1-23-12-7-8-14(18(9-12)24-2)17(21)11-25-19(22)15-10-20-16-6-4-3-5-13(15)16/h3-10,20H,11H2,1-2H3. The van der Waals surface area contributed by atoms with Gasteiger partial charge in [0.25, 0.3) is 0 Å². The van der Waals surface area contributed by atoms with Crippen LogP contribution in [0.1, 0.15) is 20.7 Å². The quantitative estimate of drug-likeness (QED) is 0.551. The van der Waals surface area contributed by atoms with Crippen LogP contribution in [0.25, 0.3) is 10.9 Å². The van der Waals surface area contributed by atoms with Crippen LogP contribution in [0.15, 0.2) is 48.7 Å².